The largest absolute Gasteiger partial charge is 0.418 e. The first-order chi connectivity index (χ1) is 10.5. The molecule has 3 nitrogen and oxygen atoms in total. The average molecular weight is 355 g/mol. The van der Waals surface area contributed by atoms with E-state index in [1.54, 1.807) is 0 Å². The van der Waals surface area contributed by atoms with E-state index in [0.717, 1.165) is 4.57 Å². The first kappa shape index (κ1) is 17.7. The molecule has 0 amide bonds. The predicted octanol–water partition coefficient (Wildman–Crippen LogP) is 4.37. The van der Waals surface area contributed by atoms with Crippen LogP contribution in [0.2, 0.25) is 0 Å². The molecule has 1 heterocycles. The molecule has 126 valence electrons. The van der Waals surface area contributed by atoms with Crippen LogP contribution in [0.15, 0.2) is 28.5 Å². The summed E-state index contributed by atoms with van der Waals surface area (Å²) in [7, 11) is 0. The van der Waals surface area contributed by atoms with Crippen LogP contribution in [0, 0.1) is 0 Å². The number of rotatable bonds is 3. The second-order valence-electron chi connectivity index (χ2n) is 5.07. The SMILES string of the molecule is C=N/C(Cl)=C\C=C(/C)n1cc(C(F)(F)F)c2c1CC(F)(F)C2O. The molecule has 2 rings (SSSR count). The van der Waals surface area contributed by atoms with Gasteiger partial charge in [0.1, 0.15) is 11.3 Å². The number of hydrogen-bond donors (Lipinski definition) is 1. The van der Waals surface area contributed by atoms with Gasteiger partial charge in [0.25, 0.3) is 5.92 Å². The summed E-state index contributed by atoms with van der Waals surface area (Å²) in [6.45, 7) is 4.59. The second-order valence-corrected chi connectivity index (χ2v) is 5.45. The van der Waals surface area contributed by atoms with Crippen molar-refractivity contribution >= 4 is 24.0 Å². The highest BCUT2D eigenvalue weighted by molar-refractivity contribution is 6.29. The van der Waals surface area contributed by atoms with Crippen LogP contribution in [0.4, 0.5) is 22.0 Å². The minimum absolute atomic E-state index is 0.00504. The van der Waals surface area contributed by atoms with Gasteiger partial charge in [-0.25, -0.2) is 8.78 Å². The van der Waals surface area contributed by atoms with Gasteiger partial charge in [-0.3, -0.25) is 4.99 Å². The highest BCUT2D eigenvalue weighted by atomic mass is 35.5. The number of alkyl halides is 5. The molecule has 0 aromatic carbocycles. The lowest BCUT2D eigenvalue weighted by Crippen LogP contribution is -2.23. The van der Waals surface area contributed by atoms with Gasteiger partial charge in [0.05, 0.1) is 12.0 Å². The molecular weight excluding hydrogens is 343 g/mol. The minimum Gasteiger partial charge on any atom is -0.382 e. The van der Waals surface area contributed by atoms with Crippen molar-refractivity contribution in [1.29, 1.82) is 0 Å². The van der Waals surface area contributed by atoms with Gasteiger partial charge in [-0.1, -0.05) is 11.6 Å². The molecule has 0 radical (unpaired) electrons. The Morgan fingerprint density at radius 3 is 2.61 bits per heavy atom. The van der Waals surface area contributed by atoms with Gasteiger partial charge in [-0.05, 0) is 25.8 Å². The lowest BCUT2D eigenvalue weighted by molar-refractivity contribution is -0.142. The molecule has 1 atom stereocenters. The van der Waals surface area contributed by atoms with E-state index in [9.17, 15) is 27.1 Å². The van der Waals surface area contributed by atoms with E-state index in [1.807, 2.05) is 0 Å². The van der Waals surface area contributed by atoms with E-state index in [0.29, 0.717) is 6.20 Å². The Morgan fingerprint density at radius 1 is 1.48 bits per heavy atom. The maximum atomic E-state index is 13.6. The standard InChI is InChI=1S/C14H12ClF5N2O/c1-7(3-4-10(15)21-2)22-6-8(14(18,19)20)11-9(22)5-13(16,17)12(11)23/h3-4,6,12,23H,2,5H2,1H3/b7-3+,10-4-. The topological polar surface area (TPSA) is 37.5 Å². The van der Waals surface area contributed by atoms with Gasteiger partial charge in [-0.15, -0.1) is 0 Å². The van der Waals surface area contributed by atoms with Gasteiger partial charge in [0.15, 0.2) is 0 Å². The van der Waals surface area contributed by atoms with Crippen molar-refractivity contribution in [2.45, 2.75) is 31.5 Å². The number of aliphatic imine (C=N–C) groups is 1. The van der Waals surface area contributed by atoms with E-state index in [1.165, 1.54) is 19.1 Å². The lowest BCUT2D eigenvalue weighted by atomic mass is 10.1. The van der Waals surface area contributed by atoms with Crippen LogP contribution in [0.5, 0.6) is 0 Å². The molecular formula is C14H12ClF5N2O. The van der Waals surface area contributed by atoms with E-state index in [2.05, 4.69) is 11.7 Å². The van der Waals surface area contributed by atoms with Crippen molar-refractivity contribution in [3.8, 4) is 0 Å². The van der Waals surface area contributed by atoms with Crippen LogP contribution in [0.1, 0.15) is 29.8 Å². The van der Waals surface area contributed by atoms with Gasteiger partial charge in [0, 0.05) is 23.2 Å². The second kappa shape index (κ2) is 5.76. The molecule has 1 N–H and O–H groups in total. The fourth-order valence-electron chi connectivity index (χ4n) is 2.44. The van der Waals surface area contributed by atoms with Crippen LogP contribution in [0.3, 0.4) is 0 Å². The van der Waals surface area contributed by atoms with Crippen molar-refractivity contribution in [1.82, 2.24) is 4.57 Å². The number of allylic oxidation sites excluding steroid dienone is 3. The molecule has 1 aliphatic carbocycles. The molecule has 0 fully saturated rings. The molecule has 0 aliphatic heterocycles. The number of aliphatic hydroxyl groups is 1. The normalized spacial score (nSPS) is 21.5. The van der Waals surface area contributed by atoms with Gasteiger partial charge < -0.3 is 9.67 Å². The fourth-order valence-corrected chi connectivity index (χ4v) is 2.50. The number of aliphatic hydroxyl groups excluding tert-OH is 1. The van der Waals surface area contributed by atoms with Gasteiger partial charge >= 0.3 is 6.18 Å². The van der Waals surface area contributed by atoms with Crippen molar-refractivity contribution < 1.29 is 27.1 Å². The summed E-state index contributed by atoms with van der Waals surface area (Å²) in [5, 5.41) is 9.56. The summed E-state index contributed by atoms with van der Waals surface area (Å²) in [5.41, 5.74) is -2.13. The highest BCUT2D eigenvalue weighted by Crippen LogP contribution is 2.49. The Kier molecular flexibility index (Phi) is 4.42. The van der Waals surface area contributed by atoms with E-state index < -0.39 is 35.8 Å². The van der Waals surface area contributed by atoms with Gasteiger partial charge in [0.2, 0.25) is 0 Å². The number of nitrogens with zero attached hydrogens (tertiary/aromatic N) is 2. The number of fused-ring (bicyclic) bond motifs is 1. The molecule has 1 aromatic rings. The first-order valence-electron chi connectivity index (χ1n) is 6.37. The van der Waals surface area contributed by atoms with E-state index in [-0.39, 0.29) is 16.5 Å². The smallest absolute Gasteiger partial charge is 0.382 e. The molecule has 0 saturated heterocycles. The number of hydrogen-bond acceptors (Lipinski definition) is 2. The Hall–Kier alpha value is -1.67. The maximum absolute atomic E-state index is 13.6. The summed E-state index contributed by atoms with van der Waals surface area (Å²) in [5.74, 6) is -3.65. The quantitative estimate of drug-likeness (QED) is 0.372. The fraction of sp³-hybridized carbons (Fsp3) is 0.357. The summed E-state index contributed by atoms with van der Waals surface area (Å²) in [6.07, 6.45) is -5.04. The molecule has 0 saturated carbocycles. The predicted molar refractivity (Wildman–Crippen MR) is 76.5 cm³/mol. The zero-order chi connectivity index (χ0) is 17.6. The van der Waals surface area contributed by atoms with Gasteiger partial charge in [-0.2, -0.15) is 13.2 Å². The van der Waals surface area contributed by atoms with Crippen LogP contribution in [-0.4, -0.2) is 22.3 Å². The van der Waals surface area contributed by atoms with Crippen LogP contribution in [0.25, 0.3) is 5.70 Å². The molecule has 1 aromatic heterocycles. The van der Waals surface area contributed by atoms with E-state index >= 15 is 0 Å². The van der Waals surface area contributed by atoms with Crippen molar-refractivity contribution in [2.75, 3.05) is 0 Å². The Morgan fingerprint density at radius 2 is 2.09 bits per heavy atom. The van der Waals surface area contributed by atoms with Crippen LogP contribution < -0.4 is 0 Å². The summed E-state index contributed by atoms with van der Waals surface area (Å²) >= 11 is 5.60. The van der Waals surface area contributed by atoms with Crippen molar-refractivity contribution in [2.24, 2.45) is 4.99 Å². The maximum Gasteiger partial charge on any atom is 0.418 e. The third kappa shape index (κ3) is 3.18. The minimum atomic E-state index is -4.85. The average Bonchev–Trinajstić information content (AvgIpc) is 2.91. The van der Waals surface area contributed by atoms with Crippen molar-refractivity contribution in [3.05, 3.63) is 40.3 Å². The lowest BCUT2D eigenvalue weighted by Gasteiger charge is -2.16. The molecule has 23 heavy (non-hydrogen) atoms. The van der Waals surface area contributed by atoms with E-state index in [4.69, 9.17) is 11.6 Å². The van der Waals surface area contributed by atoms with Crippen LogP contribution in [-0.2, 0) is 12.6 Å². The third-order valence-electron chi connectivity index (χ3n) is 3.53. The molecule has 0 bridgehead atoms. The Bertz CT molecular complexity index is 703. The zero-order valence-electron chi connectivity index (χ0n) is 11.8. The molecule has 1 aliphatic rings. The van der Waals surface area contributed by atoms with Crippen molar-refractivity contribution in [3.63, 3.8) is 0 Å². The highest BCUT2D eigenvalue weighted by Gasteiger charge is 2.53. The monoisotopic (exact) mass is 354 g/mol. The number of aromatic nitrogens is 1. The Balaban J connectivity index is 2.61. The molecule has 0 spiro atoms. The summed E-state index contributed by atoms with van der Waals surface area (Å²) in [6, 6.07) is 0. The summed E-state index contributed by atoms with van der Waals surface area (Å²) in [4.78, 5) is 3.39. The first-order valence-corrected chi connectivity index (χ1v) is 6.75. The molecule has 1 unspecified atom stereocenters. The Labute approximate surface area is 133 Å². The zero-order valence-corrected chi connectivity index (χ0v) is 12.6. The number of halogens is 6. The summed E-state index contributed by atoms with van der Waals surface area (Å²) < 4.78 is 67.5. The van der Waals surface area contributed by atoms with Crippen LogP contribution >= 0.6 is 11.6 Å². The third-order valence-corrected chi connectivity index (χ3v) is 3.77. The molecule has 9 heteroatoms.